The lowest BCUT2D eigenvalue weighted by atomic mass is 10.1. The van der Waals surface area contributed by atoms with Crippen molar-refractivity contribution in [3.8, 4) is 17.0 Å². The molecule has 0 aliphatic rings. The molecule has 0 aliphatic carbocycles. The standard InChI is InChI=1S/C11H11ClN2OS/c1-15-10-3-2-7(12)4-8(10)9-6-16-11(5-13)14-9/h2-4,6H,5,13H2,1H3. The van der Waals surface area contributed by atoms with E-state index in [-0.39, 0.29) is 0 Å². The molecule has 84 valence electrons. The zero-order valence-corrected chi connectivity index (χ0v) is 10.3. The number of aromatic nitrogens is 1. The molecule has 0 atom stereocenters. The average Bonchev–Trinajstić information content (AvgIpc) is 2.77. The van der Waals surface area contributed by atoms with E-state index in [9.17, 15) is 0 Å². The summed E-state index contributed by atoms with van der Waals surface area (Å²) in [6.45, 7) is 0.452. The van der Waals surface area contributed by atoms with E-state index < -0.39 is 0 Å². The van der Waals surface area contributed by atoms with Crippen molar-refractivity contribution in [2.24, 2.45) is 5.73 Å². The van der Waals surface area contributed by atoms with Crippen molar-refractivity contribution in [3.63, 3.8) is 0 Å². The number of hydrogen-bond acceptors (Lipinski definition) is 4. The Morgan fingerprint density at radius 3 is 2.94 bits per heavy atom. The van der Waals surface area contributed by atoms with Gasteiger partial charge in [-0.05, 0) is 18.2 Å². The molecule has 1 heterocycles. The van der Waals surface area contributed by atoms with Crippen molar-refractivity contribution in [3.05, 3.63) is 33.6 Å². The van der Waals surface area contributed by atoms with Gasteiger partial charge in [0.2, 0.25) is 0 Å². The van der Waals surface area contributed by atoms with Crippen LogP contribution in [0.25, 0.3) is 11.3 Å². The number of thiazole rings is 1. The first-order valence-electron chi connectivity index (χ1n) is 4.73. The molecule has 2 rings (SSSR count). The summed E-state index contributed by atoms with van der Waals surface area (Å²) in [5.74, 6) is 0.762. The van der Waals surface area contributed by atoms with Crippen LogP contribution < -0.4 is 10.5 Å². The van der Waals surface area contributed by atoms with Gasteiger partial charge in [-0.25, -0.2) is 4.98 Å². The Kier molecular flexibility index (Phi) is 3.43. The summed E-state index contributed by atoms with van der Waals surface area (Å²) in [5, 5.41) is 3.52. The smallest absolute Gasteiger partial charge is 0.128 e. The van der Waals surface area contributed by atoms with Crippen molar-refractivity contribution in [2.45, 2.75) is 6.54 Å². The average molecular weight is 255 g/mol. The van der Waals surface area contributed by atoms with Crippen LogP contribution in [0.4, 0.5) is 0 Å². The SMILES string of the molecule is COc1ccc(Cl)cc1-c1csc(CN)n1. The van der Waals surface area contributed by atoms with E-state index in [1.807, 2.05) is 17.5 Å². The minimum absolute atomic E-state index is 0.452. The number of nitrogens with zero attached hydrogens (tertiary/aromatic N) is 1. The summed E-state index contributed by atoms with van der Waals surface area (Å²) in [4.78, 5) is 4.40. The monoisotopic (exact) mass is 254 g/mol. The van der Waals surface area contributed by atoms with Gasteiger partial charge in [-0.15, -0.1) is 11.3 Å². The number of hydrogen-bond donors (Lipinski definition) is 1. The van der Waals surface area contributed by atoms with Gasteiger partial charge < -0.3 is 10.5 Å². The van der Waals surface area contributed by atoms with Gasteiger partial charge in [-0.3, -0.25) is 0 Å². The predicted molar refractivity (Wildman–Crippen MR) is 67.0 cm³/mol. The summed E-state index contributed by atoms with van der Waals surface area (Å²) in [5.41, 5.74) is 7.28. The van der Waals surface area contributed by atoms with Gasteiger partial charge in [0, 0.05) is 22.5 Å². The van der Waals surface area contributed by atoms with Gasteiger partial charge >= 0.3 is 0 Å². The minimum Gasteiger partial charge on any atom is -0.496 e. The Hall–Kier alpha value is -1.10. The highest BCUT2D eigenvalue weighted by Crippen LogP contribution is 2.32. The Balaban J connectivity index is 2.49. The quantitative estimate of drug-likeness (QED) is 0.916. The minimum atomic E-state index is 0.452. The molecule has 3 nitrogen and oxygen atoms in total. The fraction of sp³-hybridized carbons (Fsp3) is 0.182. The molecular formula is C11H11ClN2OS. The van der Waals surface area contributed by atoms with E-state index in [1.165, 1.54) is 11.3 Å². The molecule has 0 amide bonds. The van der Waals surface area contributed by atoms with Gasteiger partial charge in [-0.1, -0.05) is 11.6 Å². The molecule has 0 bridgehead atoms. The Labute approximate surface area is 103 Å². The highest BCUT2D eigenvalue weighted by atomic mass is 35.5. The molecule has 5 heteroatoms. The second-order valence-corrected chi connectivity index (χ2v) is 4.55. The lowest BCUT2D eigenvalue weighted by Crippen LogP contribution is -1.95. The normalized spacial score (nSPS) is 10.4. The number of ether oxygens (including phenoxy) is 1. The van der Waals surface area contributed by atoms with E-state index in [0.717, 1.165) is 22.0 Å². The molecule has 0 unspecified atom stereocenters. The van der Waals surface area contributed by atoms with E-state index in [0.29, 0.717) is 11.6 Å². The lowest BCUT2D eigenvalue weighted by Gasteiger charge is -2.06. The summed E-state index contributed by atoms with van der Waals surface area (Å²) < 4.78 is 5.27. The molecule has 0 saturated carbocycles. The Morgan fingerprint density at radius 1 is 1.50 bits per heavy atom. The third-order valence-corrected chi connectivity index (χ3v) is 3.27. The van der Waals surface area contributed by atoms with Crippen LogP contribution in [0, 0.1) is 0 Å². The van der Waals surface area contributed by atoms with Crippen LogP contribution in [0.3, 0.4) is 0 Å². The first-order valence-corrected chi connectivity index (χ1v) is 5.98. The maximum atomic E-state index is 5.96. The topological polar surface area (TPSA) is 48.1 Å². The Bertz CT molecular complexity index is 498. The van der Waals surface area contributed by atoms with Gasteiger partial charge in [0.25, 0.3) is 0 Å². The van der Waals surface area contributed by atoms with Gasteiger partial charge in [0.15, 0.2) is 0 Å². The first-order chi connectivity index (χ1) is 7.74. The molecule has 0 saturated heterocycles. The van der Waals surface area contributed by atoms with Gasteiger partial charge in [-0.2, -0.15) is 0 Å². The summed E-state index contributed by atoms with van der Waals surface area (Å²) in [6.07, 6.45) is 0. The van der Waals surface area contributed by atoms with E-state index in [4.69, 9.17) is 22.1 Å². The maximum absolute atomic E-state index is 5.96. The fourth-order valence-corrected chi connectivity index (χ4v) is 2.26. The summed E-state index contributed by atoms with van der Waals surface area (Å²) >= 11 is 7.49. The second-order valence-electron chi connectivity index (χ2n) is 3.18. The first kappa shape index (κ1) is 11.4. The molecule has 16 heavy (non-hydrogen) atoms. The lowest BCUT2D eigenvalue weighted by molar-refractivity contribution is 0.416. The van der Waals surface area contributed by atoms with Crippen molar-refractivity contribution >= 4 is 22.9 Å². The number of benzene rings is 1. The molecule has 0 fully saturated rings. The highest BCUT2D eigenvalue weighted by Gasteiger charge is 2.10. The van der Waals surface area contributed by atoms with E-state index >= 15 is 0 Å². The Morgan fingerprint density at radius 2 is 2.31 bits per heavy atom. The second kappa shape index (κ2) is 4.82. The van der Waals surface area contributed by atoms with Crippen molar-refractivity contribution in [1.82, 2.24) is 4.98 Å². The predicted octanol–water partition coefficient (Wildman–Crippen LogP) is 2.93. The molecule has 0 spiro atoms. The van der Waals surface area contributed by atoms with Crippen LogP contribution >= 0.6 is 22.9 Å². The largest absolute Gasteiger partial charge is 0.496 e. The van der Waals surface area contributed by atoms with Crippen LogP contribution in [0.5, 0.6) is 5.75 Å². The summed E-state index contributed by atoms with van der Waals surface area (Å²) in [6, 6.07) is 5.47. The molecule has 2 N–H and O–H groups in total. The van der Waals surface area contributed by atoms with Gasteiger partial charge in [0.1, 0.15) is 10.8 Å². The molecule has 1 aromatic carbocycles. The third-order valence-electron chi connectivity index (χ3n) is 2.16. The van der Waals surface area contributed by atoms with E-state index in [1.54, 1.807) is 13.2 Å². The molecule has 2 aromatic rings. The number of nitrogens with two attached hydrogens (primary N) is 1. The zero-order valence-electron chi connectivity index (χ0n) is 8.74. The summed E-state index contributed by atoms with van der Waals surface area (Å²) in [7, 11) is 1.63. The van der Waals surface area contributed by atoms with Crippen molar-refractivity contribution in [1.29, 1.82) is 0 Å². The van der Waals surface area contributed by atoms with Gasteiger partial charge in [0.05, 0.1) is 12.8 Å². The highest BCUT2D eigenvalue weighted by molar-refractivity contribution is 7.09. The van der Waals surface area contributed by atoms with Crippen LogP contribution in [0.2, 0.25) is 5.02 Å². The number of rotatable bonds is 3. The van der Waals surface area contributed by atoms with E-state index in [2.05, 4.69) is 4.98 Å². The van der Waals surface area contributed by atoms with Crippen LogP contribution in [0.15, 0.2) is 23.6 Å². The molecule has 0 aliphatic heterocycles. The van der Waals surface area contributed by atoms with Crippen LogP contribution in [-0.2, 0) is 6.54 Å². The third kappa shape index (κ3) is 2.19. The number of halogens is 1. The molecular weight excluding hydrogens is 244 g/mol. The number of methoxy groups -OCH3 is 1. The fourth-order valence-electron chi connectivity index (χ4n) is 1.41. The molecule has 1 aromatic heterocycles. The maximum Gasteiger partial charge on any atom is 0.128 e. The molecule has 0 radical (unpaired) electrons. The zero-order chi connectivity index (χ0) is 11.5. The van der Waals surface area contributed by atoms with Crippen molar-refractivity contribution < 1.29 is 4.74 Å². The van der Waals surface area contributed by atoms with Crippen LogP contribution in [-0.4, -0.2) is 12.1 Å². The van der Waals surface area contributed by atoms with Crippen LogP contribution in [0.1, 0.15) is 5.01 Å². The van der Waals surface area contributed by atoms with Crippen molar-refractivity contribution in [2.75, 3.05) is 7.11 Å².